The normalized spacial score (nSPS) is 18.6. The molecule has 1 saturated heterocycles. The summed E-state index contributed by atoms with van der Waals surface area (Å²) in [7, 11) is 0. The Morgan fingerprint density at radius 2 is 2.05 bits per heavy atom. The molecule has 2 heterocycles. The van der Waals surface area contributed by atoms with E-state index in [0.29, 0.717) is 6.04 Å². The third-order valence-electron chi connectivity index (χ3n) is 4.10. The summed E-state index contributed by atoms with van der Waals surface area (Å²) in [4.78, 5) is 12.0. The molecule has 1 fully saturated rings. The summed E-state index contributed by atoms with van der Waals surface area (Å²) in [6, 6.07) is 0.646. The van der Waals surface area contributed by atoms with Crippen molar-refractivity contribution in [3.05, 3.63) is 11.4 Å². The zero-order valence-corrected chi connectivity index (χ0v) is 13.4. The van der Waals surface area contributed by atoms with Crippen molar-refractivity contribution in [1.82, 2.24) is 9.97 Å². The Hall–Kier alpha value is -1.32. The molecule has 1 atom stereocenters. The molecule has 0 radical (unpaired) electrons. The molecule has 0 aliphatic carbocycles. The minimum atomic E-state index is 0.646. The van der Waals surface area contributed by atoms with E-state index in [9.17, 15) is 0 Å². The lowest BCUT2D eigenvalue weighted by Crippen LogP contribution is -2.30. The second kappa shape index (κ2) is 6.91. The highest BCUT2D eigenvalue weighted by molar-refractivity contribution is 5.59. The highest BCUT2D eigenvalue weighted by atomic mass is 15.2. The Labute approximate surface area is 123 Å². The second-order valence-corrected chi connectivity index (χ2v) is 5.62. The minimum absolute atomic E-state index is 0.646. The Bertz CT molecular complexity index is 444. The van der Waals surface area contributed by atoms with Crippen molar-refractivity contribution < 1.29 is 0 Å². The first-order chi connectivity index (χ1) is 9.71. The predicted octanol–water partition coefficient (Wildman–Crippen LogP) is 3.55. The van der Waals surface area contributed by atoms with E-state index in [4.69, 9.17) is 4.98 Å². The second-order valence-electron chi connectivity index (χ2n) is 5.62. The van der Waals surface area contributed by atoms with E-state index in [2.05, 4.69) is 42.9 Å². The summed E-state index contributed by atoms with van der Waals surface area (Å²) in [6.45, 7) is 10.8. The van der Waals surface area contributed by atoms with Gasteiger partial charge >= 0.3 is 0 Å². The van der Waals surface area contributed by atoms with Gasteiger partial charge in [-0.15, -0.1) is 0 Å². The molecule has 4 heteroatoms. The summed E-state index contributed by atoms with van der Waals surface area (Å²) in [6.07, 6.45) is 5.81. The summed E-state index contributed by atoms with van der Waals surface area (Å²) in [5.41, 5.74) is 1.20. The van der Waals surface area contributed by atoms with E-state index in [1.165, 1.54) is 24.8 Å². The third kappa shape index (κ3) is 3.05. The van der Waals surface area contributed by atoms with Crippen LogP contribution in [0.1, 0.15) is 57.8 Å². The van der Waals surface area contributed by atoms with E-state index in [0.717, 1.165) is 43.4 Å². The van der Waals surface area contributed by atoms with Crippen molar-refractivity contribution in [2.45, 2.75) is 65.8 Å². The van der Waals surface area contributed by atoms with Gasteiger partial charge in [0.05, 0.1) is 0 Å². The Morgan fingerprint density at radius 1 is 1.25 bits per heavy atom. The van der Waals surface area contributed by atoms with Gasteiger partial charge in [-0.05, 0) is 39.5 Å². The average molecular weight is 276 g/mol. The van der Waals surface area contributed by atoms with Gasteiger partial charge in [0.25, 0.3) is 0 Å². The fourth-order valence-electron chi connectivity index (χ4n) is 3.04. The molecule has 1 aliphatic rings. The summed E-state index contributed by atoms with van der Waals surface area (Å²) >= 11 is 0. The van der Waals surface area contributed by atoms with Crippen molar-refractivity contribution in [3.8, 4) is 0 Å². The molecule has 0 amide bonds. The summed E-state index contributed by atoms with van der Waals surface area (Å²) < 4.78 is 0. The van der Waals surface area contributed by atoms with Gasteiger partial charge in [0.1, 0.15) is 17.5 Å². The van der Waals surface area contributed by atoms with Crippen molar-refractivity contribution in [3.63, 3.8) is 0 Å². The molecule has 1 unspecified atom stereocenters. The molecular weight excluding hydrogens is 248 g/mol. The lowest BCUT2D eigenvalue weighted by molar-refractivity contribution is 0.636. The molecular formula is C16H28N4. The zero-order chi connectivity index (χ0) is 14.5. The largest absolute Gasteiger partial charge is 0.370 e. The lowest BCUT2D eigenvalue weighted by Gasteiger charge is -2.27. The van der Waals surface area contributed by atoms with Crippen molar-refractivity contribution >= 4 is 11.6 Å². The number of aryl methyl sites for hydroxylation is 1. The maximum Gasteiger partial charge on any atom is 0.137 e. The van der Waals surface area contributed by atoms with Gasteiger partial charge in [0.15, 0.2) is 0 Å². The van der Waals surface area contributed by atoms with Crippen LogP contribution in [0.15, 0.2) is 0 Å². The number of nitrogens with one attached hydrogen (secondary N) is 1. The van der Waals surface area contributed by atoms with Crippen LogP contribution in [-0.2, 0) is 6.42 Å². The smallest absolute Gasteiger partial charge is 0.137 e. The van der Waals surface area contributed by atoms with Gasteiger partial charge in [-0.1, -0.05) is 13.8 Å². The first kappa shape index (κ1) is 15.1. The maximum atomic E-state index is 4.86. The Kier molecular flexibility index (Phi) is 5.21. The molecule has 1 N–H and O–H groups in total. The molecule has 4 nitrogen and oxygen atoms in total. The molecule has 1 aromatic rings. The van der Waals surface area contributed by atoms with Gasteiger partial charge in [-0.2, -0.15) is 0 Å². The molecule has 1 aliphatic heterocycles. The SMILES string of the molecule is CCCc1nc(NCC)c(C)c(N2CCCC2CC)n1. The van der Waals surface area contributed by atoms with E-state index in [-0.39, 0.29) is 0 Å². The first-order valence-electron chi connectivity index (χ1n) is 8.09. The Balaban J connectivity index is 2.39. The average Bonchev–Trinajstić information content (AvgIpc) is 2.91. The van der Waals surface area contributed by atoms with E-state index in [1.807, 2.05) is 0 Å². The molecule has 0 saturated carbocycles. The van der Waals surface area contributed by atoms with Gasteiger partial charge in [0, 0.05) is 31.1 Å². The fraction of sp³-hybridized carbons (Fsp3) is 0.750. The third-order valence-corrected chi connectivity index (χ3v) is 4.10. The van der Waals surface area contributed by atoms with Crippen molar-refractivity contribution in [2.24, 2.45) is 0 Å². The standard InChI is InChI=1S/C16H28N4/c1-5-9-14-18-15(17-7-3)12(4)16(19-14)20-11-8-10-13(20)6-2/h13H,5-11H2,1-4H3,(H,17,18,19). The topological polar surface area (TPSA) is 41.1 Å². The number of hydrogen-bond acceptors (Lipinski definition) is 4. The van der Waals surface area contributed by atoms with Crippen molar-refractivity contribution in [2.75, 3.05) is 23.3 Å². The van der Waals surface area contributed by atoms with Crippen LogP contribution in [0.3, 0.4) is 0 Å². The van der Waals surface area contributed by atoms with Crippen LogP contribution in [0.25, 0.3) is 0 Å². The van der Waals surface area contributed by atoms with Crippen LogP contribution in [0.5, 0.6) is 0 Å². The zero-order valence-electron chi connectivity index (χ0n) is 13.4. The minimum Gasteiger partial charge on any atom is -0.370 e. The molecule has 1 aromatic heterocycles. The van der Waals surface area contributed by atoms with Crippen LogP contribution in [-0.4, -0.2) is 29.1 Å². The summed E-state index contributed by atoms with van der Waals surface area (Å²) in [5, 5.41) is 3.39. The number of nitrogens with zero attached hydrogens (tertiary/aromatic N) is 3. The van der Waals surface area contributed by atoms with Crippen LogP contribution in [0.4, 0.5) is 11.6 Å². The van der Waals surface area contributed by atoms with Gasteiger partial charge in [-0.25, -0.2) is 9.97 Å². The van der Waals surface area contributed by atoms with Gasteiger partial charge < -0.3 is 10.2 Å². The Morgan fingerprint density at radius 3 is 2.70 bits per heavy atom. The maximum absolute atomic E-state index is 4.86. The molecule has 112 valence electrons. The van der Waals surface area contributed by atoms with E-state index in [1.54, 1.807) is 0 Å². The molecule has 0 bridgehead atoms. The van der Waals surface area contributed by atoms with Gasteiger partial charge in [0.2, 0.25) is 0 Å². The fourth-order valence-corrected chi connectivity index (χ4v) is 3.04. The molecule has 0 spiro atoms. The first-order valence-corrected chi connectivity index (χ1v) is 8.09. The molecule has 0 aromatic carbocycles. The van der Waals surface area contributed by atoms with E-state index >= 15 is 0 Å². The van der Waals surface area contributed by atoms with Crippen LogP contribution in [0, 0.1) is 6.92 Å². The van der Waals surface area contributed by atoms with Crippen LogP contribution in [0.2, 0.25) is 0 Å². The van der Waals surface area contributed by atoms with Gasteiger partial charge in [-0.3, -0.25) is 0 Å². The number of aromatic nitrogens is 2. The van der Waals surface area contributed by atoms with Crippen LogP contribution < -0.4 is 10.2 Å². The monoisotopic (exact) mass is 276 g/mol. The molecule has 2 rings (SSSR count). The highest BCUT2D eigenvalue weighted by Gasteiger charge is 2.26. The summed E-state index contributed by atoms with van der Waals surface area (Å²) in [5.74, 6) is 3.15. The van der Waals surface area contributed by atoms with Crippen molar-refractivity contribution in [1.29, 1.82) is 0 Å². The number of anilines is 2. The van der Waals surface area contributed by atoms with E-state index < -0.39 is 0 Å². The molecule has 20 heavy (non-hydrogen) atoms. The van der Waals surface area contributed by atoms with Crippen LogP contribution >= 0.6 is 0 Å². The predicted molar refractivity (Wildman–Crippen MR) is 85.6 cm³/mol. The lowest BCUT2D eigenvalue weighted by atomic mass is 10.1. The number of hydrogen-bond donors (Lipinski definition) is 1. The highest BCUT2D eigenvalue weighted by Crippen LogP contribution is 2.31. The quantitative estimate of drug-likeness (QED) is 0.862. The number of rotatable bonds is 6.